The largest absolute Gasteiger partial charge is 0.319 e. The summed E-state index contributed by atoms with van der Waals surface area (Å²) in [6.07, 6.45) is 1.99. The zero-order valence-corrected chi connectivity index (χ0v) is 15.4. The predicted octanol–water partition coefficient (Wildman–Crippen LogP) is 3.13. The van der Waals surface area contributed by atoms with Crippen LogP contribution in [-0.4, -0.2) is 22.1 Å². The van der Waals surface area contributed by atoms with Gasteiger partial charge < -0.3 is 4.98 Å². The highest BCUT2D eigenvalue weighted by atomic mass is 16.2. The van der Waals surface area contributed by atoms with Crippen LogP contribution in [0.25, 0.3) is 11.0 Å². The molecule has 3 rings (SSSR count). The number of aryl methyl sites for hydroxylation is 1. The molecule has 138 valence electrons. The van der Waals surface area contributed by atoms with Crippen molar-refractivity contribution in [3.63, 3.8) is 0 Å². The zero-order valence-electron chi connectivity index (χ0n) is 15.4. The normalized spacial score (nSPS) is 11.4. The number of para-hydroxylation sites is 2. The van der Waals surface area contributed by atoms with Crippen molar-refractivity contribution in [2.24, 2.45) is 5.10 Å². The monoisotopic (exact) mass is 362 g/mol. The summed E-state index contributed by atoms with van der Waals surface area (Å²) < 4.78 is 0. The summed E-state index contributed by atoms with van der Waals surface area (Å²) in [5, 5.41) is 3.97. The van der Waals surface area contributed by atoms with Crippen LogP contribution in [0.3, 0.4) is 0 Å². The number of hydrogen-bond donors (Lipinski definition) is 2. The van der Waals surface area contributed by atoms with E-state index in [1.807, 2.05) is 42.5 Å². The van der Waals surface area contributed by atoms with Gasteiger partial charge in [-0.2, -0.15) is 5.10 Å². The van der Waals surface area contributed by atoms with Crippen molar-refractivity contribution in [2.75, 3.05) is 0 Å². The Morgan fingerprint density at radius 2 is 1.93 bits per heavy atom. The zero-order chi connectivity index (χ0) is 19.2. The van der Waals surface area contributed by atoms with Gasteiger partial charge >= 0.3 is 0 Å². The highest BCUT2D eigenvalue weighted by Crippen LogP contribution is 2.13. The summed E-state index contributed by atoms with van der Waals surface area (Å²) in [5.41, 5.74) is 6.11. The Kier molecular flexibility index (Phi) is 5.76. The van der Waals surface area contributed by atoms with E-state index in [0.29, 0.717) is 22.6 Å². The molecule has 3 aromatic rings. The van der Waals surface area contributed by atoms with Crippen molar-refractivity contribution >= 4 is 23.2 Å². The van der Waals surface area contributed by atoms with E-state index in [9.17, 15) is 9.59 Å². The molecule has 1 aromatic heterocycles. The number of H-pyrrole nitrogens is 1. The van der Waals surface area contributed by atoms with E-state index in [1.165, 1.54) is 5.56 Å². The van der Waals surface area contributed by atoms with Crippen LogP contribution in [-0.2, 0) is 11.2 Å². The summed E-state index contributed by atoms with van der Waals surface area (Å²) in [6.45, 7) is 4.28. The first kappa shape index (κ1) is 18.5. The number of amides is 1. The molecule has 0 radical (unpaired) electrons. The Morgan fingerprint density at radius 3 is 2.67 bits per heavy atom. The highest BCUT2D eigenvalue weighted by Gasteiger charge is 2.07. The maximum atomic E-state index is 12.0. The highest BCUT2D eigenvalue weighted by molar-refractivity contribution is 5.82. The minimum atomic E-state index is -0.268. The maximum Gasteiger partial charge on any atom is 0.270 e. The number of nitrogens with zero attached hydrogens (tertiary/aromatic N) is 2. The van der Waals surface area contributed by atoms with Crippen molar-refractivity contribution < 1.29 is 4.79 Å². The molecule has 0 saturated carbocycles. The van der Waals surface area contributed by atoms with Gasteiger partial charge in [-0.25, -0.2) is 10.4 Å². The Balaban J connectivity index is 1.55. The molecule has 0 saturated heterocycles. The second kappa shape index (κ2) is 8.40. The van der Waals surface area contributed by atoms with Gasteiger partial charge in [0.25, 0.3) is 5.56 Å². The fraction of sp³-hybridized carbons (Fsp3) is 0.238. The second-order valence-corrected chi connectivity index (χ2v) is 6.64. The van der Waals surface area contributed by atoms with Crippen LogP contribution in [0.4, 0.5) is 0 Å². The van der Waals surface area contributed by atoms with Gasteiger partial charge in [0.05, 0.1) is 17.2 Å². The Labute approximate surface area is 157 Å². The number of hydrogen-bond acceptors (Lipinski definition) is 4. The first-order valence-corrected chi connectivity index (χ1v) is 8.93. The third-order valence-electron chi connectivity index (χ3n) is 4.26. The van der Waals surface area contributed by atoms with Crippen molar-refractivity contribution in [1.29, 1.82) is 0 Å². The van der Waals surface area contributed by atoms with Crippen molar-refractivity contribution in [3.8, 4) is 0 Å². The summed E-state index contributed by atoms with van der Waals surface area (Å²) >= 11 is 0. The number of carbonyl (C=O) groups is 1. The third kappa shape index (κ3) is 4.88. The number of hydrazone groups is 1. The van der Waals surface area contributed by atoms with Gasteiger partial charge in [0.2, 0.25) is 5.91 Å². The lowest BCUT2D eigenvalue weighted by Crippen LogP contribution is -2.21. The summed E-state index contributed by atoms with van der Waals surface area (Å²) in [5.74, 6) is 0.210. The average Bonchev–Trinajstić information content (AvgIpc) is 2.66. The first-order chi connectivity index (χ1) is 13.0. The van der Waals surface area contributed by atoms with Crippen LogP contribution in [0.1, 0.15) is 43.0 Å². The molecular weight excluding hydrogens is 340 g/mol. The van der Waals surface area contributed by atoms with Crippen molar-refractivity contribution in [2.45, 2.75) is 32.6 Å². The number of carbonyl (C=O) groups excluding carboxylic acids is 1. The smallest absolute Gasteiger partial charge is 0.270 e. The first-order valence-electron chi connectivity index (χ1n) is 8.93. The second-order valence-electron chi connectivity index (χ2n) is 6.64. The molecule has 0 aliphatic rings. The minimum absolute atomic E-state index is 0.137. The maximum absolute atomic E-state index is 12.0. The van der Waals surface area contributed by atoms with E-state index in [2.05, 4.69) is 34.3 Å². The van der Waals surface area contributed by atoms with Gasteiger partial charge in [0.1, 0.15) is 5.69 Å². The summed E-state index contributed by atoms with van der Waals surface area (Å²) in [7, 11) is 0. The van der Waals surface area contributed by atoms with E-state index < -0.39 is 0 Å². The molecular formula is C21H22N4O2. The van der Waals surface area contributed by atoms with E-state index >= 15 is 0 Å². The van der Waals surface area contributed by atoms with E-state index in [4.69, 9.17) is 0 Å². The topological polar surface area (TPSA) is 87.2 Å². The Morgan fingerprint density at radius 1 is 1.19 bits per heavy atom. The van der Waals surface area contributed by atoms with E-state index in [-0.39, 0.29) is 24.3 Å². The Hall–Kier alpha value is -3.28. The number of aromatic nitrogens is 2. The standard InChI is InChI=1S/C21H22N4O2/c1-14(2)16-9-7-15(8-10-16)13-22-25-20(26)12-11-19-21(27)24-18-6-4-3-5-17(18)23-19/h3-10,13-14H,11-12H2,1-2H3,(H,24,27)(H,25,26)/b22-13+. The Bertz CT molecular complexity index is 1020. The molecule has 6 heteroatoms. The lowest BCUT2D eigenvalue weighted by Gasteiger charge is -2.04. The number of aromatic amines is 1. The van der Waals surface area contributed by atoms with Gasteiger partial charge in [-0.15, -0.1) is 0 Å². The number of rotatable bonds is 6. The van der Waals surface area contributed by atoms with Crippen LogP contribution in [0.2, 0.25) is 0 Å². The fourth-order valence-electron chi connectivity index (χ4n) is 2.67. The van der Waals surface area contributed by atoms with Crippen LogP contribution >= 0.6 is 0 Å². The minimum Gasteiger partial charge on any atom is -0.319 e. The molecule has 1 heterocycles. The number of benzene rings is 2. The van der Waals surface area contributed by atoms with Gasteiger partial charge in [-0.3, -0.25) is 9.59 Å². The third-order valence-corrected chi connectivity index (χ3v) is 4.26. The van der Waals surface area contributed by atoms with E-state index in [0.717, 1.165) is 5.56 Å². The number of fused-ring (bicyclic) bond motifs is 1. The van der Waals surface area contributed by atoms with E-state index in [1.54, 1.807) is 12.3 Å². The molecule has 0 aliphatic carbocycles. The van der Waals surface area contributed by atoms with Crippen molar-refractivity contribution in [3.05, 3.63) is 75.7 Å². The summed E-state index contributed by atoms with van der Waals surface area (Å²) in [4.78, 5) is 31.1. The lowest BCUT2D eigenvalue weighted by molar-refractivity contribution is -0.121. The molecule has 0 unspecified atom stereocenters. The molecule has 0 fully saturated rings. The molecule has 1 amide bonds. The number of nitrogens with one attached hydrogen (secondary N) is 2. The van der Waals surface area contributed by atoms with Gasteiger partial charge in [0, 0.05) is 12.8 Å². The van der Waals surface area contributed by atoms with Gasteiger partial charge in [-0.05, 0) is 29.2 Å². The molecule has 27 heavy (non-hydrogen) atoms. The average molecular weight is 362 g/mol. The molecule has 2 aromatic carbocycles. The molecule has 2 N–H and O–H groups in total. The van der Waals surface area contributed by atoms with Crippen LogP contribution in [0.5, 0.6) is 0 Å². The SMILES string of the molecule is CC(C)c1ccc(/C=N/NC(=O)CCc2nc3ccccc3[nH]c2=O)cc1. The lowest BCUT2D eigenvalue weighted by atomic mass is 10.0. The molecule has 0 bridgehead atoms. The quantitative estimate of drug-likeness (QED) is 0.522. The summed E-state index contributed by atoms with van der Waals surface area (Å²) in [6, 6.07) is 15.3. The van der Waals surface area contributed by atoms with Gasteiger partial charge in [-0.1, -0.05) is 50.2 Å². The van der Waals surface area contributed by atoms with Crippen LogP contribution < -0.4 is 11.0 Å². The fourth-order valence-corrected chi connectivity index (χ4v) is 2.67. The van der Waals surface area contributed by atoms with Crippen molar-refractivity contribution in [1.82, 2.24) is 15.4 Å². The predicted molar refractivity (Wildman–Crippen MR) is 107 cm³/mol. The van der Waals surface area contributed by atoms with Crippen LogP contribution in [0, 0.1) is 0 Å². The molecule has 6 nitrogen and oxygen atoms in total. The molecule has 0 aliphatic heterocycles. The molecule has 0 spiro atoms. The molecule has 0 atom stereocenters. The van der Waals surface area contributed by atoms with Gasteiger partial charge in [0.15, 0.2) is 0 Å². The van der Waals surface area contributed by atoms with Crippen LogP contribution in [0.15, 0.2) is 58.4 Å².